The molecule has 0 spiro atoms. The lowest BCUT2D eigenvalue weighted by Crippen LogP contribution is -2.00. The quantitative estimate of drug-likeness (QED) is 0.214. The summed E-state index contributed by atoms with van der Waals surface area (Å²) in [6.45, 7) is 0. The van der Waals surface area contributed by atoms with Crippen molar-refractivity contribution >= 4 is 0 Å². The normalized spacial score (nSPS) is 11.6. The Bertz CT molecular complexity index is 2050. The average Bonchev–Trinajstić information content (AvgIpc) is 3.48. The van der Waals surface area contributed by atoms with Gasteiger partial charge in [-0.15, -0.1) is 0 Å². The number of rotatable bonds is 5. The number of hydrogen-bond acceptors (Lipinski definition) is 5. The largest absolute Gasteiger partial charge is 0.264 e. The average molecular weight is 552 g/mol. The molecule has 3 aromatic heterocycles. The fourth-order valence-corrected chi connectivity index (χ4v) is 5.80. The van der Waals surface area contributed by atoms with Crippen LogP contribution in [0.15, 0.2) is 140 Å². The first-order valence-corrected chi connectivity index (χ1v) is 14.3. The molecule has 8 rings (SSSR count). The zero-order valence-electron chi connectivity index (χ0n) is 23.2. The van der Waals surface area contributed by atoms with Crippen LogP contribution in [0, 0.1) is 0 Å². The van der Waals surface area contributed by atoms with E-state index in [1.54, 1.807) is 0 Å². The van der Waals surface area contributed by atoms with E-state index in [0.717, 1.165) is 45.5 Å². The number of benzene rings is 4. The fraction of sp³-hybridized carbons (Fsp3) is 0.0263. The van der Waals surface area contributed by atoms with E-state index >= 15 is 0 Å². The minimum atomic E-state index is 0.643. The minimum Gasteiger partial charge on any atom is -0.264 e. The molecule has 4 aromatic carbocycles. The van der Waals surface area contributed by atoms with Crippen LogP contribution in [0.1, 0.15) is 11.1 Å². The van der Waals surface area contributed by atoms with Crippen molar-refractivity contribution in [2.24, 2.45) is 0 Å². The number of hydrogen-bond donors (Lipinski definition) is 0. The zero-order chi connectivity index (χ0) is 28.6. The highest BCUT2D eigenvalue weighted by Crippen LogP contribution is 2.40. The summed E-state index contributed by atoms with van der Waals surface area (Å²) < 4.78 is 0. The minimum absolute atomic E-state index is 0.643. The Labute approximate surface area is 249 Å². The van der Waals surface area contributed by atoms with Crippen LogP contribution >= 0.6 is 0 Å². The molecule has 5 nitrogen and oxygen atoms in total. The third kappa shape index (κ3) is 4.67. The van der Waals surface area contributed by atoms with Gasteiger partial charge in [0, 0.05) is 47.3 Å². The molecule has 5 heteroatoms. The lowest BCUT2D eigenvalue weighted by Gasteiger charge is -2.12. The summed E-state index contributed by atoms with van der Waals surface area (Å²) in [6.07, 6.45) is 6.55. The number of nitrogens with zero attached hydrogens (tertiary/aromatic N) is 5. The molecule has 7 aromatic rings. The number of aromatic nitrogens is 5. The monoisotopic (exact) mass is 551 g/mol. The molecule has 0 saturated heterocycles. The fourth-order valence-electron chi connectivity index (χ4n) is 5.80. The maximum Gasteiger partial charge on any atom is 0.164 e. The molecule has 0 bridgehead atoms. The van der Waals surface area contributed by atoms with Crippen molar-refractivity contribution in [1.82, 2.24) is 24.9 Å². The Morgan fingerprint density at radius 3 is 1.67 bits per heavy atom. The first-order valence-electron chi connectivity index (χ1n) is 14.3. The van der Waals surface area contributed by atoms with Crippen molar-refractivity contribution in [2.75, 3.05) is 0 Å². The van der Waals surface area contributed by atoms with Crippen molar-refractivity contribution in [3.8, 4) is 67.7 Å². The van der Waals surface area contributed by atoms with E-state index in [-0.39, 0.29) is 0 Å². The van der Waals surface area contributed by atoms with Crippen LogP contribution in [-0.4, -0.2) is 24.9 Å². The third-order valence-corrected chi connectivity index (χ3v) is 7.92. The smallest absolute Gasteiger partial charge is 0.164 e. The van der Waals surface area contributed by atoms with Crippen LogP contribution in [0.5, 0.6) is 0 Å². The van der Waals surface area contributed by atoms with Gasteiger partial charge in [-0.1, -0.05) is 97.1 Å². The first-order chi connectivity index (χ1) is 21.3. The molecule has 0 aliphatic heterocycles. The predicted molar refractivity (Wildman–Crippen MR) is 171 cm³/mol. The number of pyridine rings is 2. The Morgan fingerprint density at radius 1 is 0.442 bits per heavy atom. The van der Waals surface area contributed by atoms with E-state index in [4.69, 9.17) is 19.9 Å². The van der Waals surface area contributed by atoms with Gasteiger partial charge < -0.3 is 0 Å². The first kappa shape index (κ1) is 24.9. The Morgan fingerprint density at radius 2 is 1.00 bits per heavy atom. The predicted octanol–water partition coefficient (Wildman–Crippen LogP) is 8.57. The van der Waals surface area contributed by atoms with E-state index < -0.39 is 0 Å². The molecule has 1 aliphatic rings. The molecule has 0 atom stereocenters. The molecule has 0 saturated carbocycles. The summed E-state index contributed by atoms with van der Waals surface area (Å²) in [7, 11) is 0. The van der Waals surface area contributed by atoms with Crippen LogP contribution < -0.4 is 0 Å². The van der Waals surface area contributed by atoms with Crippen LogP contribution in [0.4, 0.5) is 0 Å². The van der Waals surface area contributed by atoms with Crippen molar-refractivity contribution in [1.29, 1.82) is 0 Å². The van der Waals surface area contributed by atoms with Gasteiger partial charge >= 0.3 is 0 Å². The third-order valence-electron chi connectivity index (χ3n) is 7.92. The summed E-state index contributed by atoms with van der Waals surface area (Å²) in [6, 6.07) is 41.5. The lowest BCUT2D eigenvalue weighted by atomic mass is 9.95. The van der Waals surface area contributed by atoms with E-state index in [1.807, 2.05) is 79.3 Å². The summed E-state index contributed by atoms with van der Waals surface area (Å²) in [5.74, 6) is 1.95. The highest BCUT2D eigenvalue weighted by molar-refractivity contribution is 5.84. The molecular formula is C38H25N5. The molecular weight excluding hydrogens is 526 g/mol. The topological polar surface area (TPSA) is 64.5 Å². The van der Waals surface area contributed by atoms with Gasteiger partial charge in [-0.25, -0.2) is 15.0 Å². The molecule has 202 valence electrons. The highest BCUT2D eigenvalue weighted by atomic mass is 15.0. The van der Waals surface area contributed by atoms with Crippen LogP contribution in [-0.2, 0) is 6.42 Å². The van der Waals surface area contributed by atoms with Gasteiger partial charge in [0.2, 0.25) is 0 Å². The molecule has 0 N–H and O–H groups in total. The van der Waals surface area contributed by atoms with Crippen LogP contribution in [0.3, 0.4) is 0 Å². The molecule has 0 fully saturated rings. The molecule has 0 unspecified atom stereocenters. The van der Waals surface area contributed by atoms with Crippen molar-refractivity contribution in [3.05, 3.63) is 151 Å². The molecule has 43 heavy (non-hydrogen) atoms. The Kier molecular flexibility index (Phi) is 6.12. The van der Waals surface area contributed by atoms with E-state index in [0.29, 0.717) is 17.5 Å². The van der Waals surface area contributed by atoms with Gasteiger partial charge in [0.25, 0.3) is 0 Å². The number of fused-ring (bicyclic) bond motifs is 3. The van der Waals surface area contributed by atoms with Gasteiger partial charge in [-0.05, 0) is 57.6 Å². The van der Waals surface area contributed by atoms with Gasteiger partial charge in [0.15, 0.2) is 17.5 Å². The van der Waals surface area contributed by atoms with E-state index in [9.17, 15) is 0 Å². The Hall–Kier alpha value is -5.81. The van der Waals surface area contributed by atoms with E-state index in [1.165, 1.54) is 22.3 Å². The summed E-state index contributed by atoms with van der Waals surface area (Å²) >= 11 is 0. The molecule has 0 radical (unpaired) electrons. The second-order valence-electron chi connectivity index (χ2n) is 10.6. The van der Waals surface area contributed by atoms with Crippen LogP contribution in [0.2, 0.25) is 0 Å². The summed E-state index contributed by atoms with van der Waals surface area (Å²) in [5, 5.41) is 0. The second-order valence-corrected chi connectivity index (χ2v) is 10.6. The summed E-state index contributed by atoms with van der Waals surface area (Å²) in [5.41, 5.74) is 12.1. The molecule has 0 amide bonds. The molecule has 3 heterocycles. The highest BCUT2D eigenvalue weighted by Gasteiger charge is 2.23. The van der Waals surface area contributed by atoms with E-state index in [2.05, 4.69) is 65.6 Å². The standard InChI is InChI=1S/C38H25N5/c1-3-9-25(10-4-1)36-41-37(26-11-5-2-6-12-26)43-38(42-36)31-16-8-14-28(22-31)27-13-7-15-29(21-27)32-18-20-40-35-33(32)23-30-17-19-39-24-34(30)35/h1-22,24H,23H2. The SMILES string of the molecule is c1ccc(-c2nc(-c3ccccc3)nc(-c3cccc(-c4cccc(-c5ccnc6c5Cc5ccncc5-6)c4)c3)n2)cc1. The zero-order valence-corrected chi connectivity index (χ0v) is 23.2. The maximum absolute atomic E-state index is 4.92. The van der Waals surface area contributed by atoms with Gasteiger partial charge in [0.1, 0.15) is 0 Å². The molecule has 1 aliphatic carbocycles. The van der Waals surface area contributed by atoms with Gasteiger partial charge in [-0.3, -0.25) is 9.97 Å². The Balaban J connectivity index is 1.20. The van der Waals surface area contributed by atoms with Gasteiger partial charge in [0.05, 0.1) is 5.69 Å². The maximum atomic E-state index is 4.92. The lowest BCUT2D eigenvalue weighted by molar-refractivity contribution is 1.07. The van der Waals surface area contributed by atoms with Crippen molar-refractivity contribution in [3.63, 3.8) is 0 Å². The summed E-state index contributed by atoms with van der Waals surface area (Å²) in [4.78, 5) is 23.7. The van der Waals surface area contributed by atoms with Crippen LogP contribution in [0.25, 0.3) is 67.7 Å². The van der Waals surface area contributed by atoms with Crippen molar-refractivity contribution < 1.29 is 0 Å². The second kappa shape index (κ2) is 10.5. The van der Waals surface area contributed by atoms with Gasteiger partial charge in [-0.2, -0.15) is 0 Å². The van der Waals surface area contributed by atoms with Crippen molar-refractivity contribution in [2.45, 2.75) is 6.42 Å².